The van der Waals surface area contributed by atoms with Gasteiger partial charge in [-0.2, -0.15) is 0 Å². The number of piperazine rings is 1. The molecule has 28 heavy (non-hydrogen) atoms. The van der Waals surface area contributed by atoms with Crippen LogP contribution >= 0.6 is 0 Å². The van der Waals surface area contributed by atoms with E-state index in [9.17, 15) is 14.4 Å². The van der Waals surface area contributed by atoms with Crippen LogP contribution in [-0.4, -0.2) is 62.6 Å². The van der Waals surface area contributed by atoms with Crippen molar-refractivity contribution in [2.24, 2.45) is 5.92 Å². The van der Waals surface area contributed by atoms with E-state index in [4.69, 9.17) is 14.2 Å². The Bertz CT molecular complexity index is 719. The van der Waals surface area contributed by atoms with E-state index in [2.05, 4.69) is 5.32 Å². The standard InChI is InChI=1S/C20H28N2O6/c1-13(2)7-10-28-18(23)12-16-19(24)21-8-9-22(16)20(25)15-6-5-14(26-3)11-17(15)27-4/h5-6,11,13,16H,7-10,12H2,1-4H3,(H,21,24). The number of rotatable bonds is 8. The molecule has 1 fully saturated rings. The van der Waals surface area contributed by atoms with E-state index >= 15 is 0 Å². The normalized spacial score (nSPS) is 16.5. The number of hydrogen-bond acceptors (Lipinski definition) is 6. The molecular weight excluding hydrogens is 364 g/mol. The van der Waals surface area contributed by atoms with Crippen molar-refractivity contribution in [3.05, 3.63) is 23.8 Å². The van der Waals surface area contributed by atoms with Gasteiger partial charge in [0.2, 0.25) is 5.91 Å². The highest BCUT2D eigenvalue weighted by Gasteiger charge is 2.36. The molecule has 1 saturated heterocycles. The van der Waals surface area contributed by atoms with Crippen LogP contribution in [0.2, 0.25) is 0 Å². The van der Waals surface area contributed by atoms with Crippen LogP contribution < -0.4 is 14.8 Å². The van der Waals surface area contributed by atoms with Gasteiger partial charge in [0.15, 0.2) is 0 Å². The summed E-state index contributed by atoms with van der Waals surface area (Å²) in [5.41, 5.74) is 0.302. The number of esters is 1. The van der Waals surface area contributed by atoms with Crippen molar-refractivity contribution in [2.45, 2.75) is 32.7 Å². The topological polar surface area (TPSA) is 94.2 Å². The summed E-state index contributed by atoms with van der Waals surface area (Å²) in [5, 5.41) is 2.70. The molecule has 0 aliphatic carbocycles. The first-order valence-electron chi connectivity index (χ1n) is 9.33. The quantitative estimate of drug-likeness (QED) is 0.676. The Kier molecular flexibility index (Phi) is 7.66. The molecule has 8 heteroatoms. The molecule has 0 spiro atoms. The fourth-order valence-electron chi connectivity index (χ4n) is 2.92. The summed E-state index contributed by atoms with van der Waals surface area (Å²) in [6.45, 7) is 4.98. The van der Waals surface area contributed by atoms with Crippen molar-refractivity contribution in [3.8, 4) is 11.5 Å². The first-order chi connectivity index (χ1) is 13.4. The lowest BCUT2D eigenvalue weighted by Gasteiger charge is -2.34. The molecule has 0 bridgehead atoms. The predicted octanol–water partition coefficient (Wildman–Crippen LogP) is 1.62. The first kappa shape index (κ1) is 21.5. The van der Waals surface area contributed by atoms with Gasteiger partial charge in [-0.25, -0.2) is 0 Å². The number of amides is 2. The maximum absolute atomic E-state index is 13.1. The van der Waals surface area contributed by atoms with Gasteiger partial charge in [0.25, 0.3) is 5.91 Å². The van der Waals surface area contributed by atoms with Gasteiger partial charge in [-0.05, 0) is 24.5 Å². The van der Waals surface area contributed by atoms with Gasteiger partial charge >= 0.3 is 5.97 Å². The maximum Gasteiger partial charge on any atom is 0.308 e. The Labute approximate surface area is 165 Å². The van der Waals surface area contributed by atoms with Crippen LogP contribution in [0.5, 0.6) is 11.5 Å². The zero-order valence-corrected chi connectivity index (χ0v) is 16.8. The van der Waals surface area contributed by atoms with E-state index in [0.29, 0.717) is 42.7 Å². The van der Waals surface area contributed by atoms with Gasteiger partial charge in [0.1, 0.15) is 17.5 Å². The number of nitrogens with zero attached hydrogens (tertiary/aromatic N) is 1. The number of carbonyl (C=O) groups is 3. The van der Waals surface area contributed by atoms with E-state index in [1.807, 2.05) is 13.8 Å². The number of methoxy groups -OCH3 is 2. The number of carbonyl (C=O) groups excluding carboxylic acids is 3. The van der Waals surface area contributed by atoms with Crippen molar-refractivity contribution in [1.82, 2.24) is 10.2 Å². The Morgan fingerprint density at radius 2 is 2.00 bits per heavy atom. The van der Waals surface area contributed by atoms with Gasteiger partial charge in [-0.1, -0.05) is 13.8 Å². The minimum atomic E-state index is -0.917. The summed E-state index contributed by atoms with van der Waals surface area (Å²) < 4.78 is 15.7. The molecule has 154 valence electrons. The highest BCUT2D eigenvalue weighted by atomic mass is 16.5. The third-order valence-electron chi connectivity index (χ3n) is 4.55. The molecule has 1 aliphatic heterocycles. The van der Waals surface area contributed by atoms with Crippen LogP contribution in [0.1, 0.15) is 37.0 Å². The summed E-state index contributed by atoms with van der Waals surface area (Å²) in [5.74, 6) is 0.0551. The zero-order chi connectivity index (χ0) is 20.7. The molecule has 1 aromatic rings. The van der Waals surface area contributed by atoms with Crippen molar-refractivity contribution >= 4 is 17.8 Å². The Balaban J connectivity index is 2.16. The molecule has 0 radical (unpaired) electrons. The first-order valence-corrected chi connectivity index (χ1v) is 9.33. The number of benzene rings is 1. The lowest BCUT2D eigenvalue weighted by molar-refractivity contribution is -0.148. The van der Waals surface area contributed by atoms with Gasteiger partial charge in [0.05, 0.1) is 32.8 Å². The molecular formula is C20H28N2O6. The molecule has 0 saturated carbocycles. The summed E-state index contributed by atoms with van der Waals surface area (Å²) in [6, 6.07) is 3.92. The van der Waals surface area contributed by atoms with Gasteiger partial charge < -0.3 is 24.4 Å². The van der Waals surface area contributed by atoms with Crippen LogP contribution in [0.4, 0.5) is 0 Å². The second-order valence-electron chi connectivity index (χ2n) is 6.98. The Morgan fingerprint density at radius 3 is 2.64 bits per heavy atom. The van der Waals surface area contributed by atoms with Crippen molar-refractivity contribution < 1.29 is 28.6 Å². The van der Waals surface area contributed by atoms with Crippen LogP contribution in [0.3, 0.4) is 0 Å². The van der Waals surface area contributed by atoms with Crippen LogP contribution in [0.25, 0.3) is 0 Å². The summed E-state index contributed by atoms with van der Waals surface area (Å²) >= 11 is 0. The average Bonchev–Trinajstić information content (AvgIpc) is 2.68. The largest absolute Gasteiger partial charge is 0.497 e. The van der Waals surface area contributed by atoms with Crippen molar-refractivity contribution in [2.75, 3.05) is 33.9 Å². The smallest absolute Gasteiger partial charge is 0.308 e. The average molecular weight is 392 g/mol. The van der Waals surface area contributed by atoms with Gasteiger partial charge in [-0.3, -0.25) is 14.4 Å². The lowest BCUT2D eigenvalue weighted by Crippen LogP contribution is -2.57. The number of hydrogen-bond donors (Lipinski definition) is 1. The number of ether oxygens (including phenoxy) is 3. The van der Waals surface area contributed by atoms with Crippen molar-refractivity contribution in [1.29, 1.82) is 0 Å². The molecule has 1 heterocycles. The molecule has 1 aliphatic rings. The van der Waals surface area contributed by atoms with Crippen LogP contribution in [0.15, 0.2) is 18.2 Å². The van der Waals surface area contributed by atoms with Crippen molar-refractivity contribution in [3.63, 3.8) is 0 Å². The fraction of sp³-hybridized carbons (Fsp3) is 0.550. The second kappa shape index (κ2) is 9.96. The SMILES string of the molecule is COc1ccc(C(=O)N2CCNC(=O)C2CC(=O)OCCC(C)C)c(OC)c1. The molecule has 8 nitrogen and oxygen atoms in total. The molecule has 1 aromatic carbocycles. The highest BCUT2D eigenvalue weighted by molar-refractivity contribution is 6.01. The molecule has 1 atom stereocenters. The molecule has 2 rings (SSSR count). The summed E-state index contributed by atoms with van der Waals surface area (Å²) in [7, 11) is 2.98. The minimum absolute atomic E-state index is 0.186. The second-order valence-corrected chi connectivity index (χ2v) is 6.98. The predicted molar refractivity (Wildman–Crippen MR) is 102 cm³/mol. The van der Waals surface area contributed by atoms with E-state index in [0.717, 1.165) is 6.42 Å². The third kappa shape index (κ3) is 5.37. The Morgan fingerprint density at radius 1 is 1.25 bits per heavy atom. The minimum Gasteiger partial charge on any atom is -0.497 e. The summed E-state index contributed by atoms with van der Waals surface area (Å²) in [6.07, 6.45) is 0.558. The van der Waals surface area contributed by atoms with Gasteiger partial charge in [-0.15, -0.1) is 0 Å². The van der Waals surface area contributed by atoms with E-state index in [1.54, 1.807) is 18.2 Å². The Hall–Kier alpha value is -2.77. The highest BCUT2D eigenvalue weighted by Crippen LogP contribution is 2.27. The summed E-state index contributed by atoms with van der Waals surface area (Å²) in [4.78, 5) is 39.0. The fourth-order valence-corrected chi connectivity index (χ4v) is 2.92. The molecule has 2 amide bonds. The van der Waals surface area contributed by atoms with Gasteiger partial charge in [0, 0.05) is 19.2 Å². The number of nitrogens with one attached hydrogen (secondary N) is 1. The molecule has 1 unspecified atom stereocenters. The van der Waals surface area contributed by atoms with Crippen LogP contribution in [-0.2, 0) is 14.3 Å². The monoisotopic (exact) mass is 392 g/mol. The lowest BCUT2D eigenvalue weighted by atomic mass is 10.1. The third-order valence-corrected chi connectivity index (χ3v) is 4.55. The zero-order valence-electron chi connectivity index (χ0n) is 16.8. The van der Waals surface area contributed by atoms with E-state index in [1.165, 1.54) is 19.1 Å². The molecule has 1 N–H and O–H groups in total. The molecule has 0 aromatic heterocycles. The van der Waals surface area contributed by atoms with E-state index in [-0.39, 0.29) is 18.2 Å². The maximum atomic E-state index is 13.1. The van der Waals surface area contributed by atoms with Crippen LogP contribution in [0, 0.1) is 5.92 Å². The van der Waals surface area contributed by atoms with E-state index < -0.39 is 12.0 Å².